The lowest BCUT2D eigenvalue weighted by Gasteiger charge is -2.59. The molecule has 14 heteroatoms. The average molecular weight is 834 g/mol. The fraction of sp³-hybridized carbons (Fsp3) is 0.543. The van der Waals surface area contributed by atoms with Crippen molar-refractivity contribution in [2.24, 2.45) is 22.9 Å². The Hall–Kier alpha value is -5.05. The van der Waals surface area contributed by atoms with Gasteiger partial charge in [-0.3, -0.25) is 10.2 Å². The minimum atomic E-state index is -1.44. The van der Waals surface area contributed by atoms with Gasteiger partial charge in [0.05, 0.1) is 44.8 Å². The van der Waals surface area contributed by atoms with E-state index in [0.717, 1.165) is 36.8 Å². The molecular formula is C46H63N3O11. The maximum absolute atomic E-state index is 14.1. The van der Waals surface area contributed by atoms with Gasteiger partial charge < -0.3 is 43.5 Å². The van der Waals surface area contributed by atoms with E-state index in [0.29, 0.717) is 67.5 Å². The van der Waals surface area contributed by atoms with Crippen LogP contribution in [0.2, 0.25) is 0 Å². The fourth-order valence-electron chi connectivity index (χ4n) is 8.93. The third-order valence-corrected chi connectivity index (χ3v) is 11.4. The smallest absolute Gasteiger partial charge is 0.417 e. The summed E-state index contributed by atoms with van der Waals surface area (Å²) in [7, 11) is 3.05. The van der Waals surface area contributed by atoms with Crippen molar-refractivity contribution < 1.29 is 53.1 Å². The van der Waals surface area contributed by atoms with E-state index in [1.807, 2.05) is 19.9 Å². The van der Waals surface area contributed by atoms with E-state index in [1.165, 1.54) is 7.11 Å². The molecule has 3 aliphatic rings. The lowest BCUT2D eigenvalue weighted by atomic mass is 9.55. The Morgan fingerprint density at radius 2 is 1.77 bits per heavy atom. The SMILES string of the molecule is C=CCCOC(=O)N(CCC)C1CC(=NOCC)C2=CC(CCCCO)C(CCCCO)C3c4cc(OC(=O)Nc5ccc(OC)cc5OC)ccc4OC1(OCC=C)C23. The number of ether oxygens (including phenoxy) is 6. The summed E-state index contributed by atoms with van der Waals surface area (Å²) in [6.07, 6.45) is 10.2. The van der Waals surface area contributed by atoms with Crippen molar-refractivity contribution in [2.45, 2.75) is 89.4 Å². The van der Waals surface area contributed by atoms with Crippen LogP contribution < -0.4 is 24.3 Å². The molecule has 1 saturated carbocycles. The molecule has 0 aromatic heterocycles. The monoisotopic (exact) mass is 833 g/mol. The molecule has 60 heavy (non-hydrogen) atoms. The summed E-state index contributed by atoms with van der Waals surface area (Å²) < 4.78 is 36.7. The molecule has 1 fully saturated rings. The molecule has 1 aliphatic heterocycles. The first-order valence-electron chi connectivity index (χ1n) is 21.2. The number of carbonyl (C=O) groups excluding carboxylic acids is 2. The molecule has 5 rings (SSSR count). The normalized spacial score (nSPS) is 23.2. The standard InChI is InChI=1S/C46H63N3O11/c1-7-11-26-56-45(53)49(22-8-2)41-30-38(48-58-10-4)35-27-31(16-12-14-23-50)34(17-13-15-24-51)42-36-28-33(19-21-39(36)60-46(41,43(35)42)57-25-9-3)59-44(52)47-37-20-18-32(54-5)29-40(37)55-6/h7,9,18-21,27-29,31,34,41-43,50-51H,1,3,8,10-17,22-26,30H2,2,4-6H3,(H,47,52). The van der Waals surface area contributed by atoms with Crippen LogP contribution in [0.15, 0.2) is 78.5 Å². The molecule has 1 heterocycles. The number of rotatable bonds is 23. The van der Waals surface area contributed by atoms with Gasteiger partial charge in [-0.1, -0.05) is 43.1 Å². The highest BCUT2D eigenvalue weighted by atomic mass is 16.7. The van der Waals surface area contributed by atoms with Crippen molar-refractivity contribution in [1.82, 2.24) is 4.90 Å². The molecule has 2 aromatic rings. The largest absolute Gasteiger partial charge is 0.497 e. The Morgan fingerprint density at radius 3 is 2.45 bits per heavy atom. The third kappa shape index (κ3) is 10.4. The first-order valence-corrected chi connectivity index (χ1v) is 21.2. The van der Waals surface area contributed by atoms with Gasteiger partial charge in [0.25, 0.3) is 0 Å². The van der Waals surface area contributed by atoms with Gasteiger partial charge in [0.2, 0.25) is 5.79 Å². The van der Waals surface area contributed by atoms with Gasteiger partial charge in [0.15, 0.2) is 0 Å². The highest BCUT2D eigenvalue weighted by Crippen LogP contribution is 2.62. The quantitative estimate of drug-likeness (QED) is 0.0559. The molecule has 0 bridgehead atoms. The molecule has 6 atom stereocenters. The van der Waals surface area contributed by atoms with E-state index in [-0.39, 0.29) is 56.4 Å². The maximum Gasteiger partial charge on any atom is 0.417 e. The second-order valence-electron chi connectivity index (χ2n) is 15.2. The van der Waals surface area contributed by atoms with Gasteiger partial charge in [-0.05, 0) is 93.2 Å². The molecule has 2 aromatic carbocycles. The highest BCUT2D eigenvalue weighted by Gasteiger charge is 2.65. The van der Waals surface area contributed by atoms with E-state index in [4.69, 9.17) is 38.4 Å². The maximum atomic E-state index is 14.1. The van der Waals surface area contributed by atoms with Crippen LogP contribution in [0, 0.1) is 17.8 Å². The van der Waals surface area contributed by atoms with Crippen LogP contribution in [-0.2, 0) is 14.3 Å². The number of unbranched alkanes of at least 4 members (excludes halogenated alkanes) is 2. The molecular weight excluding hydrogens is 771 g/mol. The molecule has 14 nitrogen and oxygen atoms in total. The number of anilines is 1. The molecule has 0 spiro atoms. The first-order chi connectivity index (χ1) is 29.2. The number of benzene rings is 2. The first kappa shape index (κ1) is 46.0. The van der Waals surface area contributed by atoms with Gasteiger partial charge in [-0.15, -0.1) is 13.2 Å². The Morgan fingerprint density at radius 1 is 1.00 bits per heavy atom. The zero-order valence-corrected chi connectivity index (χ0v) is 35.6. The van der Waals surface area contributed by atoms with Crippen LogP contribution >= 0.6 is 0 Å². The molecule has 328 valence electrons. The van der Waals surface area contributed by atoms with Crippen molar-refractivity contribution in [3.63, 3.8) is 0 Å². The summed E-state index contributed by atoms with van der Waals surface area (Å²) in [5.74, 6) is -0.467. The number of aliphatic hydroxyl groups is 2. The number of fused-ring (bicyclic) bond motifs is 2. The average Bonchev–Trinajstić information content (AvgIpc) is 3.25. The van der Waals surface area contributed by atoms with Crippen molar-refractivity contribution in [1.29, 1.82) is 0 Å². The zero-order valence-electron chi connectivity index (χ0n) is 35.6. The topological polar surface area (TPSA) is 167 Å². The van der Waals surface area contributed by atoms with E-state index in [9.17, 15) is 19.8 Å². The fourth-order valence-corrected chi connectivity index (χ4v) is 8.93. The zero-order chi connectivity index (χ0) is 43.1. The Balaban J connectivity index is 1.70. The molecule has 6 unspecified atom stereocenters. The summed E-state index contributed by atoms with van der Waals surface area (Å²) in [6, 6.07) is 9.65. The number of carbonyl (C=O) groups is 2. The number of aliphatic hydroxyl groups excluding tert-OH is 2. The Bertz CT molecular complexity index is 1830. The second kappa shape index (κ2) is 22.5. The highest BCUT2D eigenvalue weighted by molar-refractivity contribution is 6.03. The summed E-state index contributed by atoms with van der Waals surface area (Å²) in [4.78, 5) is 35.1. The van der Waals surface area contributed by atoms with Crippen LogP contribution in [-0.4, -0.2) is 98.6 Å². The van der Waals surface area contributed by atoms with E-state index < -0.39 is 29.9 Å². The number of hydrogen-bond acceptors (Lipinski definition) is 12. The molecule has 2 amide bonds. The van der Waals surface area contributed by atoms with Gasteiger partial charge >= 0.3 is 12.2 Å². The minimum absolute atomic E-state index is 0.0164. The number of methoxy groups -OCH3 is 2. The van der Waals surface area contributed by atoms with E-state index in [2.05, 4.69) is 24.6 Å². The summed E-state index contributed by atoms with van der Waals surface area (Å²) in [5, 5.41) is 27.2. The molecule has 2 aliphatic carbocycles. The Labute approximate surface area is 354 Å². The van der Waals surface area contributed by atoms with Gasteiger partial charge in [-0.2, -0.15) is 0 Å². The predicted octanol–water partition coefficient (Wildman–Crippen LogP) is 8.39. The minimum Gasteiger partial charge on any atom is -0.497 e. The van der Waals surface area contributed by atoms with Gasteiger partial charge in [-0.25, -0.2) is 9.59 Å². The predicted molar refractivity (Wildman–Crippen MR) is 229 cm³/mol. The number of hydrogen-bond donors (Lipinski definition) is 3. The van der Waals surface area contributed by atoms with Crippen molar-refractivity contribution in [2.75, 3.05) is 59.1 Å². The summed E-state index contributed by atoms with van der Waals surface area (Å²) in [5.41, 5.74) is 2.80. The second-order valence-corrected chi connectivity index (χ2v) is 15.2. The number of allylic oxidation sites excluding steroid dienone is 1. The lowest BCUT2D eigenvalue weighted by Crippen LogP contribution is -2.70. The Kier molecular flexibility index (Phi) is 17.3. The van der Waals surface area contributed by atoms with Crippen LogP contribution in [0.25, 0.3) is 0 Å². The molecule has 0 saturated heterocycles. The van der Waals surface area contributed by atoms with Crippen LogP contribution in [0.4, 0.5) is 15.3 Å². The number of amides is 2. The van der Waals surface area contributed by atoms with Crippen molar-refractivity contribution >= 4 is 23.6 Å². The van der Waals surface area contributed by atoms with Crippen molar-refractivity contribution in [3.8, 4) is 23.0 Å². The number of nitrogens with one attached hydrogen (secondary N) is 1. The van der Waals surface area contributed by atoms with Gasteiger partial charge in [0.1, 0.15) is 35.6 Å². The van der Waals surface area contributed by atoms with Crippen LogP contribution in [0.5, 0.6) is 23.0 Å². The number of oxime groups is 1. The van der Waals surface area contributed by atoms with Crippen LogP contribution in [0.3, 0.4) is 0 Å². The van der Waals surface area contributed by atoms with Crippen molar-refractivity contribution in [3.05, 3.63) is 78.9 Å². The molecule has 3 N–H and O–H groups in total. The lowest BCUT2D eigenvalue weighted by molar-refractivity contribution is -0.255. The molecule has 0 radical (unpaired) electrons. The van der Waals surface area contributed by atoms with E-state index >= 15 is 0 Å². The third-order valence-electron chi connectivity index (χ3n) is 11.4. The number of nitrogens with zero attached hydrogens (tertiary/aromatic N) is 2. The van der Waals surface area contributed by atoms with Crippen LogP contribution in [0.1, 0.15) is 83.1 Å². The summed E-state index contributed by atoms with van der Waals surface area (Å²) >= 11 is 0. The summed E-state index contributed by atoms with van der Waals surface area (Å²) in [6.45, 7) is 12.8. The van der Waals surface area contributed by atoms with Gasteiger partial charge in [0, 0.05) is 43.7 Å². The van der Waals surface area contributed by atoms with E-state index in [1.54, 1.807) is 54.5 Å².